The lowest BCUT2D eigenvalue weighted by atomic mass is 10.3. The molecule has 2 N–H and O–H groups in total. The third-order valence-electron chi connectivity index (χ3n) is 1.39. The molecule has 6 heteroatoms. The SMILES string of the molecule is CS(=O)(=O)c1c(Br)cc(N)cc1Br. The highest BCUT2D eigenvalue weighted by molar-refractivity contribution is 9.11. The number of hydrogen-bond acceptors (Lipinski definition) is 3. The summed E-state index contributed by atoms with van der Waals surface area (Å²) in [5, 5.41) is 0. The molecule has 1 rings (SSSR count). The van der Waals surface area contributed by atoms with Gasteiger partial charge in [0.25, 0.3) is 0 Å². The van der Waals surface area contributed by atoms with E-state index in [2.05, 4.69) is 31.9 Å². The van der Waals surface area contributed by atoms with Crippen molar-refractivity contribution in [2.75, 3.05) is 12.0 Å². The molecule has 13 heavy (non-hydrogen) atoms. The second-order valence-electron chi connectivity index (χ2n) is 2.59. The van der Waals surface area contributed by atoms with Crippen molar-refractivity contribution in [1.29, 1.82) is 0 Å². The molecule has 0 aliphatic rings. The van der Waals surface area contributed by atoms with Crippen LogP contribution in [-0.2, 0) is 9.84 Å². The Kier molecular flexibility index (Phi) is 3.04. The number of hydrogen-bond donors (Lipinski definition) is 1. The number of nitrogens with two attached hydrogens (primary N) is 1. The van der Waals surface area contributed by atoms with Crippen molar-refractivity contribution in [3.8, 4) is 0 Å². The molecule has 0 saturated carbocycles. The minimum absolute atomic E-state index is 0.224. The maximum Gasteiger partial charge on any atom is 0.177 e. The van der Waals surface area contributed by atoms with Crippen LogP contribution < -0.4 is 5.73 Å². The van der Waals surface area contributed by atoms with Gasteiger partial charge in [0.2, 0.25) is 0 Å². The molecule has 0 aliphatic carbocycles. The van der Waals surface area contributed by atoms with E-state index in [1.54, 1.807) is 12.1 Å². The standard InChI is InChI=1S/C7H7Br2NO2S/c1-13(11,12)7-5(8)2-4(10)3-6(7)9/h2-3H,10H2,1H3. The van der Waals surface area contributed by atoms with Gasteiger partial charge in [0.1, 0.15) is 0 Å². The van der Waals surface area contributed by atoms with E-state index in [1.807, 2.05) is 0 Å². The Morgan fingerprint density at radius 3 is 1.92 bits per heavy atom. The van der Waals surface area contributed by atoms with Gasteiger partial charge in [-0.25, -0.2) is 8.42 Å². The Hall–Kier alpha value is -0.0700. The van der Waals surface area contributed by atoms with E-state index in [9.17, 15) is 8.42 Å². The molecule has 0 aromatic heterocycles. The van der Waals surface area contributed by atoms with E-state index in [0.717, 1.165) is 6.26 Å². The molecular formula is C7H7Br2NO2S. The summed E-state index contributed by atoms with van der Waals surface area (Å²) in [5.74, 6) is 0. The van der Waals surface area contributed by atoms with Crippen LogP contribution in [0.5, 0.6) is 0 Å². The minimum atomic E-state index is -3.23. The zero-order valence-electron chi connectivity index (χ0n) is 6.71. The maximum absolute atomic E-state index is 11.3. The maximum atomic E-state index is 11.3. The topological polar surface area (TPSA) is 60.2 Å². The minimum Gasteiger partial charge on any atom is -0.399 e. The third kappa shape index (κ3) is 2.45. The summed E-state index contributed by atoms with van der Waals surface area (Å²) in [6.07, 6.45) is 1.15. The molecule has 0 spiro atoms. The Labute approximate surface area is 93.5 Å². The van der Waals surface area contributed by atoms with Gasteiger partial charge in [-0.2, -0.15) is 0 Å². The van der Waals surface area contributed by atoms with Crippen LogP contribution in [0.3, 0.4) is 0 Å². The summed E-state index contributed by atoms with van der Waals surface area (Å²) in [4.78, 5) is 0.224. The van der Waals surface area contributed by atoms with Crippen LogP contribution in [0.2, 0.25) is 0 Å². The third-order valence-corrected chi connectivity index (χ3v) is 4.35. The quantitative estimate of drug-likeness (QED) is 0.804. The van der Waals surface area contributed by atoms with E-state index in [1.165, 1.54) is 0 Å². The molecular weight excluding hydrogens is 322 g/mol. The highest BCUT2D eigenvalue weighted by Gasteiger charge is 2.16. The van der Waals surface area contributed by atoms with Gasteiger partial charge in [-0.1, -0.05) is 0 Å². The van der Waals surface area contributed by atoms with E-state index < -0.39 is 9.84 Å². The molecule has 0 atom stereocenters. The number of sulfone groups is 1. The van der Waals surface area contributed by atoms with Crippen molar-refractivity contribution >= 4 is 47.4 Å². The smallest absolute Gasteiger partial charge is 0.177 e. The Bertz CT molecular complexity index is 419. The van der Waals surface area contributed by atoms with Crippen molar-refractivity contribution in [3.63, 3.8) is 0 Å². The summed E-state index contributed by atoms with van der Waals surface area (Å²) in [5.41, 5.74) is 6.02. The Balaban J connectivity index is 3.57. The number of nitrogen functional groups attached to an aromatic ring is 1. The first-order chi connectivity index (χ1) is 5.82. The van der Waals surface area contributed by atoms with Crippen LogP contribution in [0, 0.1) is 0 Å². The van der Waals surface area contributed by atoms with Crippen molar-refractivity contribution < 1.29 is 8.42 Å². The van der Waals surface area contributed by atoms with Crippen molar-refractivity contribution in [1.82, 2.24) is 0 Å². The van der Waals surface area contributed by atoms with Gasteiger partial charge in [-0.3, -0.25) is 0 Å². The van der Waals surface area contributed by atoms with Crippen LogP contribution >= 0.6 is 31.9 Å². The average Bonchev–Trinajstić information content (AvgIpc) is 1.78. The van der Waals surface area contributed by atoms with Gasteiger partial charge < -0.3 is 5.73 Å². The van der Waals surface area contributed by atoms with Crippen LogP contribution in [0.25, 0.3) is 0 Å². The molecule has 1 aromatic rings. The predicted octanol–water partition coefficient (Wildman–Crippen LogP) is 2.20. The zero-order chi connectivity index (χ0) is 10.2. The summed E-state index contributed by atoms with van der Waals surface area (Å²) < 4.78 is 23.5. The molecule has 0 radical (unpaired) electrons. The number of rotatable bonds is 1. The van der Waals surface area contributed by atoms with Gasteiger partial charge in [0.15, 0.2) is 9.84 Å². The van der Waals surface area contributed by atoms with Crippen molar-refractivity contribution in [2.45, 2.75) is 4.90 Å². The second kappa shape index (κ2) is 3.59. The number of benzene rings is 1. The van der Waals surface area contributed by atoms with Crippen LogP contribution in [0.4, 0.5) is 5.69 Å². The van der Waals surface area contributed by atoms with Gasteiger partial charge in [-0.05, 0) is 44.0 Å². The number of halogens is 2. The highest BCUT2D eigenvalue weighted by Crippen LogP contribution is 2.32. The lowest BCUT2D eigenvalue weighted by Crippen LogP contribution is -2.00. The van der Waals surface area contributed by atoms with E-state index in [-0.39, 0.29) is 4.90 Å². The monoisotopic (exact) mass is 327 g/mol. The van der Waals surface area contributed by atoms with Crippen molar-refractivity contribution in [3.05, 3.63) is 21.1 Å². The van der Waals surface area contributed by atoms with Gasteiger partial charge in [0, 0.05) is 20.9 Å². The normalized spacial score (nSPS) is 11.6. The van der Waals surface area contributed by atoms with E-state index in [0.29, 0.717) is 14.6 Å². The van der Waals surface area contributed by atoms with Crippen LogP contribution in [0.15, 0.2) is 26.0 Å². The summed E-state index contributed by atoms with van der Waals surface area (Å²) in [6.45, 7) is 0. The van der Waals surface area contributed by atoms with E-state index in [4.69, 9.17) is 5.73 Å². The molecule has 0 heterocycles. The molecule has 0 fully saturated rings. The first-order valence-electron chi connectivity index (χ1n) is 3.27. The molecule has 72 valence electrons. The fourth-order valence-electron chi connectivity index (χ4n) is 0.934. The van der Waals surface area contributed by atoms with Crippen LogP contribution in [0.1, 0.15) is 0 Å². The fourth-order valence-corrected chi connectivity index (χ4v) is 4.75. The van der Waals surface area contributed by atoms with Gasteiger partial charge >= 0.3 is 0 Å². The molecule has 0 bridgehead atoms. The molecule has 3 nitrogen and oxygen atoms in total. The molecule has 1 aromatic carbocycles. The van der Waals surface area contributed by atoms with Gasteiger partial charge in [0.05, 0.1) is 4.90 Å². The average molecular weight is 329 g/mol. The molecule has 0 aliphatic heterocycles. The first-order valence-corrected chi connectivity index (χ1v) is 6.74. The lowest BCUT2D eigenvalue weighted by molar-refractivity contribution is 0.601. The molecule has 0 amide bonds. The predicted molar refractivity (Wildman–Crippen MR) is 59.4 cm³/mol. The Morgan fingerprint density at radius 2 is 1.62 bits per heavy atom. The Morgan fingerprint density at radius 1 is 1.23 bits per heavy atom. The summed E-state index contributed by atoms with van der Waals surface area (Å²) in [7, 11) is -3.23. The largest absolute Gasteiger partial charge is 0.399 e. The zero-order valence-corrected chi connectivity index (χ0v) is 10.7. The molecule has 0 unspecified atom stereocenters. The van der Waals surface area contributed by atoms with Crippen LogP contribution in [-0.4, -0.2) is 14.7 Å². The summed E-state index contributed by atoms with van der Waals surface area (Å²) >= 11 is 6.29. The summed E-state index contributed by atoms with van der Waals surface area (Å²) in [6, 6.07) is 3.11. The lowest BCUT2D eigenvalue weighted by Gasteiger charge is -2.05. The van der Waals surface area contributed by atoms with E-state index >= 15 is 0 Å². The first kappa shape index (κ1) is 11.0. The van der Waals surface area contributed by atoms with Gasteiger partial charge in [-0.15, -0.1) is 0 Å². The molecule has 0 saturated heterocycles. The fraction of sp³-hybridized carbons (Fsp3) is 0.143. The van der Waals surface area contributed by atoms with Crippen molar-refractivity contribution in [2.24, 2.45) is 0 Å². The second-order valence-corrected chi connectivity index (χ2v) is 6.25. The number of anilines is 1. The highest BCUT2D eigenvalue weighted by atomic mass is 79.9.